The van der Waals surface area contributed by atoms with Crippen LogP contribution in [0, 0.1) is 23.2 Å². The highest BCUT2D eigenvalue weighted by Crippen LogP contribution is 2.30. The van der Waals surface area contributed by atoms with E-state index in [1.165, 1.54) is 10.9 Å². The summed E-state index contributed by atoms with van der Waals surface area (Å²) in [6.45, 7) is 8.60. The van der Waals surface area contributed by atoms with Gasteiger partial charge >= 0.3 is 17.9 Å². The van der Waals surface area contributed by atoms with Crippen LogP contribution in [0.15, 0.2) is 42.9 Å². The topological polar surface area (TPSA) is 174 Å². The molecule has 3 atom stereocenters. The van der Waals surface area contributed by atoms with E-state index >= 15 is 0 Å². The van der Waals surface area contributed by atoms with Gasteiger partial charge in [0, 0.05) is 39.2 Å². The number of ether oxygens (including phenoxy) is 3. The number of nitriles is 1. The van der Waals surface area contributed by atoms with Crippen LogP contribution in [0.2, 0.25) is 0 Å². The zero-order valence-electron chi connectivity index (χ0n) is 32.4. The Morgan fingerprint density at radius 2 is 1.63 bits per heavy atom. The fraction of sp³-hybridized carbons (Fsp3) is 0.600. The Labute approximate surface area is 318 Å². The maximum atomic E-state index is 13.4. The molecule has 3 heterocycles. The van der Waals surface area contributed by atoms with Gasteiger partial charge in [-0.3, -0.25) is 28.5 Å². The number of esters is 3. The van der Waals surface area contributed by atoms with Gasteiger partial charge in [-0.25, -0.2) is 9.97 Å². The van der Waals surface area contributed by atoms with E-state index in [0.29, 0.717) is 36.4 Å². The molecule has 1 amide bonds. The lowest BCUT2D eigenvalue weighted by Gasteiger charge is -2.42. The second-order valence-electron chi connectivity index (χ2n) is 13.9. The monoisotopic (exact) mass is 748 g/mol. The van der Waals surface area contributed by atoms with E-state index in [2.05, 4.69) is 16.9 Å². The molecular weight excluding hydrogens is 692 g/mol. The summed E-state index contributed by atoms with van der Waals surface area (Å²) in [5, 5.41) is 9.69. The van der Waals surface area contributed by atoms with Crippen LogP contribution >= 0.6 is 0 Å². The number of amides is 1. The maximum Gasteiger partial charge on any atom is 0.309 e. The van der Waals surface area contributed by atoms with Crippen molar-refractivity contribution in [1.29, 1.82) is 5.26 Å². The van der Waals surface area contributed by atoms with Crippen molar-refractivity contribution >= 4 is 46.6 Å². The van der Waals surface area contributed by atoms with Gasteiger partial charge in [0.2, 0.25) is 11.8 Å². The number of unbranched alkanes of at least 4 members (excludes halogenated alkanes) is 2. The molecule has 0 aliphatic carbocycles. The van der Waals surface area contributed by atoms with Crippen LogP contribution in [0.3, 0.4) is 0 Å². The summed E-state index contributed by atoms with van der Waals surface area (Å²) >= 11 is 0. The SMILES string of the molecule is CCC/C=C\CC(=O)OCC(COC(=O)C/C=C\CCC)OC(=O)CC(C)CCC(=O)n1ccc2c(N(C)[C@H]3CN(C(=O)CC#N)CC[C@H]3C)ncnc21. The minimum atomic E-state index is -0.977. The van der Waals surface area contributed by atoms with Crippen LogP contribution in [0.25, 0.3) is 11.0 Å². The number of likely N-dealkylation sites (tertiary alicyclic amines) is 1. The number of aromatic nitrogens is 3. The number of piperidine rings is 1. The minimum Gasteiger partial charge on any atom is -0.461 e. The third-order valence-electron chi connectivity index (χ3n) is 9.40. The Balaban J connectivity index is 1.58. The number of nitrogens with zero attached hydrogens (tertiary/aromatic N) is 6. The van der Waals surface area contributed by atoms with Gasteiger partial charge in [-0.1, -0.05) is 64.8 Å². The summed E-state index contributed by atoms with van der Waals surface area (Å²) in [6.07, 6.45) is 14.3. The molecular formula is C40H56N6O8. The van der Waals surface area contributed by atoms with Crippen LogP contribution < -0.4 is 4.90 Å². The van der Waals surface area contributed by atoms with Crippen molar-refractivity contribution in [3.05, 3.63) is 42.9 Å². The zero-order chi connectivity index (χ0) is 39.5. The summed E-state index contributed by atoms with van der Waals surface area (Å²) in [4.78, 5) is 76.0. The van der Waals surface area contributed by atoms with E-state index in [0.717, 1.165) is 32.1 Å². The molecule has 0 radical (unpaired) electrons. The molecule has 2 aromatic rings. The Bertz CT molecular complexity index is 1630. The average Bonchev–Trinajstić information content (AvgIpc) is 3.60. The molecule has 0 spiro atoms. The number of rotatable bonds is 21. The molecule has 1 fully saturated rings. The zero-order valence-corrected chi connectivity index (χ0v) is 32.4. The second-order valence-corrected chi connectivity index (χ2v) is 13.9. The van der Waals surface area contributed by atoms with Gasteiger partial charge in [-0.05, 0) is 43.6 Å². The fourth-order valence-corrected chi connectivity index (χ4v) is 6.18. The molecule has 14 nitrogen and oxygen atoms in total. The maximum absolute atomic E-state index is 13.4. The lowest BCUT2D eigenvalue weighted by atomic mass is 9.92. The van der Waals surface area contributed by atoms with E-state index in [1.54, 1.807) is 29.3 Å². The van der Waals surface area contributed by atoms with Crippen molar-refractivity contribution in [2.45, 2.75) is 110 Å². The summed E-state index contributed by atoms with van der Waals surface area (Å²) in [5.74, 6) is -1.23. The molecule has 14 heteroatoms. The van der Waals surface area contributed by atoms with Gasteiger partial charge in [-0.15, -0.1) is 0 Å². The lowest BCUT2D eigenvalue weighted by Crippen LogP contribution is -2.52. The highest BCUT2D eigenvalue weighted by atomic mass is 16.6. The van der Waals surface area contributed by atoms with E-state index in [4.69, 9.17) is 19.5 Å². The third-order valence-corrected chi connectivity index (χ3v) is 9.40. The molecule has 0 saturated carbocycles. The number of allylic oxidation sites excluding steroid dienone is 2. The van der Waals surface area contributed by atoms with Crippen molar-refractivity contribution in [1.82, 2.24) is 19.4 Å². The largest absolute Gasteiger partial charge is 0.461 e. The Kier molecular flexibility index (Phi) is 18.4. The molecule has 54 heavy (non-hydrogen) atoms. The molecule has 0 bridgehead atoms. The lowest BCUT2D eigenvalue weighted by molar-refractivity contribution is -0.166. The second kappa shape index (κ2) is 22.9. The van der Waals surface area contributed by atoms with Gasteiger partial charge in [0.05, 0.1) is 30.3 Å². The average molecular weight is 749 g/mol. The first-order valence-electron chi connectivity index (χ1n) is 19.0. The van der Waals surface area contributed by atoms with E-state index < -0.39 is 24.0 Å². The van der Waals surface area contributed by atoms with Gasteiger partial charge in [0.15, 0.2) is 11.8 Å². The van der Waals surface area contributed by atoms with Crippen molar-refractivity contribution < 1.29 is 38.2 Å². The van der Waals surface area contributed by atoms with Gasteiger partial charge < -0.3 is 24.0 Å². The number of hydrogen-bond donors (Lipinski definition) is 0. The highest BCUT2D eigenvalue weighted by Gasteiger charge is 2.33. The van der Waals surface area contributed by atoms with Gasteiger partial charge in [0.25, 0.3) is 0 Å². The summed E-state index contributed by atoms with van der Waals surface area (Å²) in [6, 6.07) is 3.70. The third kappa shape index (κ3) is 13.7. The van der Waals surface area contributed by atoms with Crippen LogP contribution in [0.1, 0.15) is 103 Å². The molecule has 0 aromatic carbocycles. The van der Waals surface area contributed by atoms with Crippen LogP contribution in [0.5, 0.6) is 0 Å². The van der Waals surface area contributed by atoms with Crippen molar-refractivity contribution in [2.24, 2.45) is 11.8 Å². The molecule has 1 unspecified atom stereocenters. The number of hydrogen-bond acceptors (Lipinski definition) is 12. The molecule has 1 aliphatic rings. The molecule has 3 rings (SSSR count). The Morgan fingerprint density at radius 1 is 0.981 bits per heavy atom. The predicted octanol–water partition coefficient (Wildman–Crippen LogP) is 5.96. The number of anilines is 1. The summed E-state index contributed by atoms with van der Waals surface area (Å²) < 4.78 is 17.7. The quantitative estimate of drug-likeness (QED) is 0.0834. The Hall–Kier alpha value is -5.06. The molecule has 1 aliphatic heterocycles. The number of likely N-dealkylation sites (N-methyl/N-ethyl adjacent to an activating group) is 1. The normalized spacial score (nSPS) is 16.4. The smallest absolute Gasteiger partial charge is 0.309 e. The first kappa shape index (κ1) is 43.3. The number of carbonyl (C=O) groups is 5. The predicted molar refractivity (Wildman–Crippen MR) is 203 cm³/mol. The van der Waals surface area contributed by atoms with E-state index in [-0.39, 0.29) is 75.0 Å². The van der Waals surface area contributed by atoms with Gasteiger partial charge in [-0.2, -0.15) is 5.26 Å². The van der Waals surface area contributed by atoms with Crippen molar-refractivity contribution in [3.63, 3.8) is 0 Å². The number of fused-ring (bicyclic) bond motifs is 1. The van der Waals surface area contributed by atoms with Crippen LogP contribution in [-0.4, -0.2) is 94.7 Å². The fourth-order valence-electron chi connectivity index (χ4n) is 6.18. The molecule has 0 N–H and O–H groups in total. The van der Waals surface area contributed by atoms with E-state index in [1.807, 2.05) is 50.9 Å². The summed E-state index contributed by atoms with van der Waals surface area (Å²) in [7, 11) is 1.91. The molecule has 294 valence electrons. The summed E-state index contributed by atoms with van der Waals surface area (Å²) in [5.41, 5.74) is 0.457. The highest BCUT2D eigenvalue weighted by molar-refractivity contribution is 5.95. The van der Waals surface area contributed by atoms with Crippen molar-refractivity contribution in [3.8, 4) is 6.07 Å². The number of carbonyl (C=O) groups excluding carboxylic acids is 5. The Morgan fingerprint density at radius 3 is 2.24 bits per heavy atom. The van der Waals surface area contributed by atoms with E-state index in [9.17, 15) is 24.0 Å². The first-order valence-corrected chi connectivity index (χ1v) is 19.0. The molecule has 2 aromatic heterocycles. The minimum absolute atomic E-state index is 0.00217. The van der Waals surface area contributed by atoms with Crippen LogP contribution in [-0.2, 0) is 33.4 Å². The van der Waals surface area contributed by atoms with Crippen molar-refractivity contribution in [2.75, 3.05) is 38.3 Å². The molecule has 1 saturated heterocycles. The van der Waals surface area contributed by atoms with Crippen LogP contribution in [0.4, 0.5) is 5.82 Å². The first-order chi connectivity index (χ1) is 26.0. The van der Waals surface area contributed by atoms with Gasteiger partial charge in [0.1, 0.15) is 31.8 Å². The standard InChI is InChI=1S/C40H56N6O8/c1-6-8-10-12-14-36(49)52-26-31(27-53-37(50)15-13-11-9-7-2)54-38(51)24-29(3)16-17-35(48)46-23-20-32-39(42-28-43-40(32)46)44(5)33-25-45(22-19-30(33)4)34(47)18-21-41/h10-13,20,23,28-31,33H,6-9,14-19,22,24-27H2,1-5H3/b12-10-,13-11-/t29?,30-,33+/m1/s1.